The van der Waals surface area contributed by atoms with Crippen LogP contribution < -0.4 is 15.4 Å². The summed E-state index contributed by atoms with van der Waals surface area (Å²) in [5.74, 6) is 1.45. The number of carbonyl (C=O) groups is 2. The van der Waals surface area contributed by atoms with E-state index >= 15 is 0 Å². The third-order valence-electron chi connectivity index (χ3n) is 4.05. The van der Waals surface area contributed by atoms with E-state index in [0.29, 0.717) is 17.0 Å². The molecule has 152 valence electrons. The first-order chi connectivity index (χ1) is 13.7. The number of anilines is 1. The maximum atomic E-state index is 12.7. The molecule has 1 unspecified atom stereocenters. The molecule has 2 amide bonds. The first-order valence-corrected chi connectivity index (χ1v) is 10.8. The van der Waals surface area contributed by atoms with Crippen LogP contribution in [0.25, 0.3) is 0 Å². The second-order valence-electron chi connectivity index (χ2n) is 6.36. The van der Waals surface area contributed by atoms with Gasteiger partial charge in [0.1, 0.15) is 21.6 Å². The van der Waals surface area contributed by atoms with Crippen LogP contribution in [-0.2, 0) is 14.6 Å². The zero-order chi connectivity index (χ0) is 21.4. The number of sulfone groups is 1. The molecule has 0 spiro atoms. The molecule has 2 aromatic carbocycles. The number of methoxy groups -OCH3 is 1. The molecule has 0 radical (unpaired) electrons. The molecule has 8 heteroatoms. The summed E-state index contributed by atoms with van der Waals surface area (Å²) >= 11 is 0. The maximum absolute atomic E-state index is 12.7. The molecule has 2 N–H and O–H groups in total. The predicted octanol–water partition coefficient (Wildman–Crippen LogP) is 1.85. The molecular formula is C21H22N2O5S. The van der Waals surface area contributed by atoms with Gasteiger partial charge in [0.15, 0.2) is 0 Å². The van der Waals surface area contributed by atoms with E-state index in [2.05, 4.69) is 16.6 Å². The summed E-state index contributed by atoms with van der Waals surface area (Å²) in [6.07, 6.45) is 6.35. The number of carbonyl (C=O) groups excluding carboxylic acids is 2. The van der Waals surface area contributed by atoms with E-state index in [9.17, 15) is 18.0 Å². The van der Waals surface area contributed by atoms with Crippen molar-refractivity contribution in [2.45, 2.75) is 12.5 Å². The molecule has 2 aromatic rings. The van der Waals surface area contributed by atoms with E-state index in [4.69, 9.17) is 11.2 Å². The molecule has 0 saturated heterocycles. The molecule has 0 aliphatic heterocycles. The second kappa shape index (κ2) is 9.75. The fourth-order valence-corrected chi connectivity index (χ4v) is 3.25. The summed E-state index contributed by atoms with van der Waals surface area (Å²) in [5, 5.41) is 5.26. The molecule has 0 fully saturated rings. The number of amides is 2. The number of hydrogen-bond donors (Lipinski definition) is 2. The first-order valence-electron chi connectivity index (χ1n) is 8.72. The van der Waals surface area contributed by atoms with Gasteiger partial charge in [-0.15, -0.1) is 6.42 Å². The van der Waals surface area contributed by atoms with Crippen molar-refractivity contribution in [1.29, 1.82) is 0 Å². The predicted molar refractivity (Wildman–Crippen MR) is 112 cm³/mol. The molecule has 2 rings (SSSR count). The van der Waals surface area contributed by atoms with Crippen LogP contribution in [-0.4, -0.2) is 45.4 Å². The summed E-state index contributed by atoms with van der Waals surface area (Å²) in [6, 6.07) is 12.1. The van der Waals surface area contributed by atoms with Crippen LogP contribution in [0.4, 0.5) is 5.69 Å². The van der Waals surface area contributed by atoms with Gasteiger partial charge in [-0.1, -0.05) is 24.1 Å². The molecule has 0 aliphatic rings. The number of terminal acetylenes is 1. The SMILES string of the molecule is C#Cc1cccc(NC(=O)C(CCS(C)(=O)=O)NC(=O)c2ccccc2OC)c1. The molecule has 7 nitrogen and oxygen atoms in total. The van der Waals surface area contributed by atoms with E-state index in [1.165, 1.54) is 7.11 Å². The van der Waals surface area contributed by atoms with Crippen molar-refractivity contribution in [3.05, 3.63) is 59.7 Å². The molecule has 0 aromatic heterocycles. The normalized spacial score (nSPS) is 11.8. The van der Waals surface area contributed by atoms with Crippen LogP contribution in [0.15, 0.2) is 48.5 Å². The fourth-order valence-electron chi connectivity index (χ4n) is 2.59. The average Bonchev–Trinajstić information content (AvgIpc) is 2.70. The lowest BCUT2D eigenvalue weighted by atomic mass is 10.1. The highest BCUT2D eigenvalue weighted by atomic mass is 32.2. The molecule has 29 heavy (non-hydrogen) atoms. The highest BCUT2D eigenvalue weighted by molar-refractivity contribution is 7.90. The Morgan fingerprint density at radius 1 is 1.17 bits per heavy atom. The van der Waals surface area contributed by atoms with Crippen LogP contribution in [0.5, 0.6) is 5.75 Å². The Labute approximate surface area is 170 Å². The van der Waals surface area contributed by atoms with E-state index in [0.717, 1.165) is 6.26 Å². The minimum atomic E-state index is -3.33. The Balaban J connectivity index is 2.22. The van der Waals surface area contributed by atoms with E-state index in [-0.39, 0.29) is 17.7 Å². The average molecular weight is 414 g/mol. The van der Waals surface area contributed by atoms with Crippen LogP contribution in [0, 0.1) is 12.3 Å². The van der Waals surface area contributed by atoms with Crippen molar-refractivity contribution in [3.63, 3.8) is 0 Å². The van der Waals surface area contributed by atoms with Crippen molar-refractivity contribution >= 4 is 27.3 Å². The zero-order valence-electron chi connectivity index (χ0n) is 16.1. The van der Waals surface area contributed by atoms with Crippen molar-refractivity contribution in [2.75, 3.05) is 24.4 Å². The van der Waals surface area contributed by atoms with Gasteiger partial charge < -0.3 is 15.4 Å². The van der Waals surface area contributed by atoms with Gasteiger partial charge in [-0.05, 0) is 36.8 Å². The van der Waals surface area contributed by atoms with E-state index < -0.39 is 27.7 Å². The quantitative estimate of drug-likeness (QED) is 0.642. The minimum absolute atomic E-state index is 0.0830. The molecule has 0 saturated carbocycles. The third kappa shape index (κ3) is 6.66. The Kier molecular flexibility index (Phi) is 7.39. The summed E-state index contributed by atoms with van der Waals surface area (Å²) in [5.41, 5.74) is 1.26. The van der Waals surface area contributed by atoms with Gasteiger partial charge >= 0.3 is 0 Å². The van der Waals surface area contributed by atoms with Gasteiger partial charge in [0.05, 0.1) is 18.4 Å². The minimum Gasteiger partial charge on any atom is -0.496 e. The Hall–Kier alpha value is -3.31. The van der Waals surface area contributed by atoms with Crippen LogP contribution in [0.2, 0.25) is 0 Å². The van der Waals surface area contributed by atoms with E-state index in [1.54, 1.807) is 48.5 Å². The monoisotopic (exact) mass is 414 g/mol. The molecule has 0 heterocycles. The Morgan fingerprint density at radius 3 is 2.55 bits per heavy atom. The van der Waals surface area contributed by atoms with Gasteiger partial charge in [0.25, 0.3) is 5.91 Å². The van der Waals surface area contributed by atoms with Gasteiger partial charge in [-0.25, -0.2) is 8.42 Å². The summed E-state index contributed by atoms with van der Waals surface area (Å²) < 4.78 is 28.3. The smallest absolute Gasteiger partial charge is 0.255 e. The summed E-state index contributed by atoms with van der Waals surface area (Å²) in [6.45, 7) is 0. The lowest BCUT2D eigenvalue weighted by Gasteiger charge is -2.19. The molecule has 0 aliphatic carbocycles. The highest BCUT2D eigenvalue weighted by Crippen LogP contribution is 2.18. The Morgan fingerprint density at radius 2 is 1.90 bits per heavy atom. The highest BCUT2D eigenvalue weighted by Gasteiger charge is 2.24. The maximum Gasteiger partial charge on any atom is 0.255 e. The van der Waals surface area contributed by atoms with Gasteiger partial charge in [0, 0.05) is 17.5 Å². The fraction of sp³-hybridized carbons (Fsp3) is 0.238. The largest absolute Gasteiger partial charge is 0.496 e. The zero-order valence-corrected chi connectivity index (χ0v) is 17.0. The van der Waals surface area contributed by atoms with Gasteiger partial charge in [0.2, 0.25) is 5.91 Å². The van der Waals surface area contributed by atoms with Crippen molar-refractivity contribution in [2.24, 2.45) is 0 Å². The van der Waals surface area contributed by atoms with Gasteiger partial charge in [-0.2, -0.15) is 0 Å². The van der Waals surface area contributed by atoms with Crippen molar-refractivity contribution in [3.8, 4) is 18.1 Å². The van der Waals surface area contributed by atoms with Crippen LogP contribution >= 0.6 is 0 Å². The topological polar surface area (TPSA) is 102 Å². The van der Waals surface area contributed by atoms with Crippen molar-refractivity contribution in [1.82, 2.24) is 5.32 Å². The lowest BCUT2D eigenvalue weighted by Crippen LogP contribution is -2.44. The lowest BCUT2D eigenvalue weighted by molar-refractivity contribution is -0.118. The Bertz CT molecular complexity index is 1040. The number of para-hydroxylation sites is 1. The molecule has 1 atom stereocenters. The standard InChI is InChI=1S/C21H22N2O5S/c1-4-15-8-7-9-16(14-15)22-21(25)18(12-13-29(3,26)27)23-20(24)17-10-5-6-11-19(17)28-2/h1,5-11,14,18H,12-13H2,2-3H3,(H,22,25)(H,23,24). The second-order valence-corrected chi connectivity index (χ2v) is 8.62. The van der Waals surface area contributed by atoms with Crippen LogP contribution in [0.3, 0.4) is 0 Å². The van der Waals surface area contributed by atoms with Crippen molar-refractivity contribution < 1.29 is 22.7 Å². The summed E-state index contributed by atoms with van der Waals surface area (Å²) in [7, 11) is -1.90. The van der Waals surface area contributed by atoms with Gasteiger partial charge in [-0.3, -0.25) is 9.59 Å². The number of rotatable bonds is 8. The molecule has 0 bridgehead atoms. The van der Waals surface area contributed by atoms with Crippen LogP contribution in [0.1, 0.15) is 22.3 Å². The summed E-state index contributed by atoms with van der Waals surface area (Å²) in [4.78, 5) is 25.4. The first kappa shape index (κ1) is 22.0. The number of ether oxygens (including phenoxy) is 1. The number of benzene rings is 2. The number of nitrogens with one attached hydrogen (secondary N) is 2. The number of hydrogen-bond acceptors (Lipinski definition) is 5. The molecular weight excluding hydrogens is 392 g/mol. The van der Waals surface area contributed by atoms with E-state index in [1.807, 2.05) is 0 Å². The third-order valence-corrected chi connectivity index (χ3v) is 5.02.